The van der Waals surface area contributed by atoms with Gasteiger partial charge < -0.3 is 5.73 Å². The van der Waals surface area contributed by atoms with E-state index < -0.39 is 0 Å². The number of hydrogen-bond donors (Lipinski definition) is 1. The summed E-state index contributed by atoms with van der Waals surface area (Å²) in [6, 6.07) is 4.24. The zero-order valence-electron chi connectivity index (χ0n) is 9.27. The van der Waals surface area contributed by atoms with Gasteiger partial charge in [0.2, 0.25) is 0 Å². The van der Waals surface area contributed by atoms with Gasteiger partial charge in [-0.15, -0.1) is 0 Å². The zero-order chi connectivity index (χ0) is 10.8. The largest absolute Gasteiger partial charge is 0.330 e. The standard InChI is InChI=1S/C12H17N3/c1-9-3-4-12-11(5-10(2)6-13)7-14-15(12)8-9/h3-4,7-8,10H,5-6,13H2,1-2H3. The van der Waals surface area contributed by atoms with E-state index in [1.165, 1.54) is 16.6 Å². The average Bonchev–Trinajstić information content (AvgIpc) is 2.60. The van der Waals surface area contributed by atoms with Gasteiger partial charge in [-0.2, -0.15) is 5.10 Å². The Kier molecular flexibility index (Phi) is 2.73. The maximum atomic E-state index is 5.63. The van der Waals surface area contributed by atoms with Crippen LogP contribution in [0.1, 0.15) is 18.1 Å². The van der Waals surface area contributed by atoms with Crippen molar-refractivity contribution in [1.29, 1.82) is 0 Å². The van der Waals surface area contributed by atoms with Crippen molar-refractivity contribution in [2.75, 3.05) is 6.54 Å². The molecule has 0 aliphatic carbocycles. The first-order valence-electron chi connectivity index (χ1n) is 5.33. The lowest BCUT2D eigenvalue weighted by atomic mass is 10.0. The molecule has 2 heterocycles. The van der Waals surface area contributed by atoms with Crippen LogP contribution in [0.4, 0.5) is 0 Å². The summed E-state index contributed by atoms with van der Waals surface area (Å²) in [5.74, 6) is 0.513. The Morgan fingerprint density at radius 2 is 2.27 bits per heavy atom. The van der Waals surface area contributed by atoms with E-state index in [-0.39, 0.29) is 0 Å². The monoisotopic (exact) mass is 203 g/mol. The molecule has 0 spiro atoms. The molecule has 0 aliphatic rings. The van der Waals surface area contributed by atoms with E-state index in [1.807, 2.05) is 16.9 Å². The van der Waals surface area contributed by atoms with Crippen LogP contribution in [0.3, 0.4) is 0 Å². The second-order valence-electron chi connectivity index (χ2n) is 4.25. The fraction of sp³-hybridized carbons (Fsp3) is 0.417. The van der Waals surface area contributed by atoms with E-state index in [0.717, 1.165) is 13.0 Å². The number of hydrogen-bond acceptors (Lipinski definition) is 2. The SMILES string of the molecule is Cc1ccc2c(CC(C)CN)cnn2c1. The average molecular weight is 203 g/mol. The van der Waals surface area contributed by atoms with Gasteiger partial charge in [0.1, 0.15) is 0 Å². The van der Waals surface area contributed by atoms with Gasteiger partial charge >= 0.3 is 0 Å². The van der Waals surface area contributed by atoms with Crippen molar-refractivity contribution in [2.24, 2.45) is 11.7 Å². The predicted octanol–water partition coefficient (Wildman–Crippen LogP) is 1.78. The van der Waals surface area contributed by atoms with Crippen LogP contribution >= 0.6 is 0 Å². The van der Waals surface area contributed by atoms with E-state index in [4.69, 9.17) is 5.73 Å². The van der Waals surface area contributed by atoms with Crippen molar-refractivity contribution >= 4 is 5.52 Å². The van der Waals surface area contributed by atoms with Crippen molar-refractivity contribution in [3.8, 4) is 0 Å². The number of rotatable bonds is 3. The topological polar surface area (TPSA) is 43.3 Å². The molecule has 1 atom stereocenters. The highest BCUT2D eigenvalue weighted by Gasteiger charge is 2.07. The molecule has 0 saturated carbocycles. The number of pyridine rings is 1. The van der Waals surface area contributed by atoms with E-state index in [2.05, 4.69) is 31.1 Å². The fourth-order valence-electron chi connectivity index (χ4n) is 1.76. The van der Waals surface area contributed by atoms with E-state index in [1.54, 1.807) is 0 Å². The summed E-state index contributed by atoms with van der Waals surface area (Å²) in [4.78, 5) is 0. The van der Waals surface area contributed by atoms with Crippen molar-refractivity contribution < 1.29 is 0 Å². The van der Waals surface area contributed by atoms with Gasteiger partial charge in [0, 0.05) is 6.20 Å². The summed E-state index contributed by atoms with van der Waals surface area (Å²) in [5.41, 5.74) is 9.34. The molecular weight excluding hydrogens is 186 g/mol. The molecule has 0 aliphatic heterocycles. The number of nitrogens with zero attached hydrogens (tertiary/aromatic N) is 2. The van der Waals surface area contributed by atoms with Gasteiger partial charge in [-0.25, -0.2) is 4.52 Å². The van der Waals surface area contributed by atoms with Crippen LogP contribution in [0, 0.1) is 12.8 Å². The number of aromatic nitrogens is 2. The summed E-state index contributed by atoms with van der Waals surface area (Å²) in [7, 11) is 0. The highest BCUT2D eigenvalue weighted by Crippen LogP contribution is 2.15. The lowest BCUT2D eigenvalue weighted by molar-refractivity contribution is 0.595. The molecule has 3 heteroatoms. The summed E-state index contributed by atoms with van der Waals surface area (Å²) >= 11 is 0. The minimum atomic E-state index is 0.513. The summed E-state index contributed by atoms with van der Waals surface area (Å²) in [6.45, 7) is 4.96. The minimum Gasteiger partial charge on any atom is -0.330 e. The minimum absolute atomic E-state index is 0.513. The zero-order valence-corrected chi connectivity index (χ0v) is 9.27. The molecule has 3 nitrogen and oxygen atoms in total. The molecule has 0 aromatic carbocycles. The van der Waals surface area contributed by atoms with Crippen molar-refractivity contribution in [3.05, 3.63) is 35.7 Å². The molecule has 15 heavy (non-hydrogen) atoms. The molecular formula is C12H17N3. The van der Waals surface area contributed by atoms with Crippen LogP contribution < -0.4 is 5.73 Å². The molecule has 2 aromatic heterocycles. The Morgan fingerprint density at radius 1 is 1.47 bits per heavy atom. The molecule has 0 saturated heterocycles. The normalized spacial score (nSPS) is 13.3. The smallest absolute Gasteiger partial charge is 0.0693 e. The molecule has 0 radical (unpaired) electrons. The molecule has 1 unspecified atom stereocenters. The van der Waals surface area contributed by atoms with E-state index in [9.17, 15) is 0 Å². The second-order valence-corrected chi connectivity index (χ2v) is 4.25. The van der Waals surface area contributed by atoms with E-state index >= 15 is 0 Å². The fourth-order valence-corrected chi connectivity index (χ4v) is 1.76. The van der Waals surface area contributed by atoms with E-state index in [0.29, 0.717) is 5.92 Å². The summed E-state index contributed by atoms with van der Waals surface area (Å²) in [6.07, 6.45) is 5.00. The number of aryl methyl sites for hydroxylation is 1. The van der Waals surface area contributed by atoms with Gasteiger partial charge in [-0.1, -0.05) is 13.0 Å². The molecule has 0 fully saturated rings. The molecule has 2 aromatic rings. The quantitative estimate of drug-likeness (QED) is 0.826. The van der Waals surface area contributed by atoms with Crippen LogP contribution in [-0.4, -0.2) is 16.2 Å². The van der Waals surface area contributed by atoms with Crippen LogP contribution in [0.2, 0.25) is 0 Å². The Morgan fingerprint density at radius 3 is 3.00 bits per heavy atom. The third kappa shape index (κ3) is 2.02. The van der Waals surface area contributed by atoms with Crippen LogP contribution in [0.25, 0.3) is 5.52 Å². The first-order valence-corrected chi connectivity index (χ1v) is 5.33. The predicted molar refractivity (Wildman–Crippen MR) is 61.9 cm³/mol. The third-order valence-corrected chi connectivity index (χ3v) is 2.71. The van der Waals surface area contributed by atoms with Gasteiger partial charge in [0.25, 0.3) is 0 Å². The number of fused-ring (bicyclic) bond motifs is 1. The molecule has 0 bridgehead atoms. The van der Waals surface area contributed by atoms with Gasteiger partial charge in [-0.05, 0) is 43.0 Å². The highest BCUT2D eigenvalue weighted by atomic mass is 15.2. The maximum absolute atomic E-state index is 5.63. The molecule has 80 valence electrons. The molecule has 0 amide bonds. The summed E-state index contributed by atoms with van der Waals surface area (Å²) < 4.78 is 1.94. The Hall–Kier alpha value is -1.35. The van der Waals surface area contributed by atoms with Crippen molar-refractivity contribution in [3.63, 3.8) is 0 Å². The van der Waals surface area contributed by atoms with Crippen LogP contribution in [0.5, 0.6) is 0 Å². The molecule has 2 rings (SSSR count). The third-order valence-electron chi connectivity index (χ3n) is 2.71. The Bertz CT molecular complexity index is 459. The lowest BCUT2D eigenvalue weighted by Gasteiger charge is -2.06. The Balaban J connectivity index is 2.36. The second kappa shape index (κ2) is 4.03. The van der Waals surface area contributed by atoms with Crippen molar-refractivity contribution in [1.82, 2.24) is 9.61 Å². The first kappa shape index (κ1) is 10.2. The van der Waals surface area contributed by atoms with Gasteiger partial charge in [0.15, 0.2) is 0 Å². The first-order chi connectivity index (χ1) is 7.20. The van der Waals surface area contributed by atoms with Gasteiger partial charge in [0.05, 0.1) is 11.7 Å². The van der Waals surface area contributed by atoms with Crippen LogP contribution in [-0.2, 0) is 6.42 Å². The summed E-state index contributed by atoms with van der Waals surface area (Å²) in [5, 5.41) is 4.34. The lowest BCUT2D eigenvalue weighted by Crippen LogP contribution is -2.12. The Labute approximate surface area is 89.9 Å². The highest BCUT2D eigenvalue weighted by molar-refractivity contribution is 5.54. The van der Waals surface area contributed by atoms with Gasteiger partial charge in [-0.3, -0.25) is 0 Å². The van der Waals surface area contributed by atoms with Crippen molar-refractivity contribution in [2.45, 2.75) is 20.3 Å². The van der Waals surface area contributed by atoms with Crippen LogP contribution in [0.15, 0.2) is 24.5 Å². The molecule has 2 N–H and O–H groups in total. The number of nitrogens with two attached hydrogens (primary N) is 1. The maximum Gasteiger partial charge on any atom is 0.0693 e.